The Kier molecular flexibility index (Phi) is 5.45. The molecule has 3 atom stereocenters. The van der Waals surface area contributed by atoms with Crippen molar-refractivity contribution in [3.63, 3.8) is 0 Å². The second-order valence-corrected chi connectivity index (χ2v) is 8.42. The third-order valence-corrected chi connectivity index (χ3v) is 6.53. The van der Waals surface area contributed by atoms with Crippen LogP contribution in [0.15, 0.2) is 36.5 Å². The van der Waals surface area contributed by atoms with E-state index < -0.39 is 0 Å². The number of carbonyl (C=O) groups is 1. The number of hydrogen-bond acceptors (Lipinski definition) is 6. The van der Waals surface area contributed by atoms with Crippen molar-refractivity contribution in [2.24, 2.45) is 5.92 Å². The molecule has 8 heteroatoms. The fraction of sp³-hybridized carbons (Fsp3) is 0.545. The zero-order chi connectivity index (χ0) is 20.5. The van der Waals surface area contributed by atoms with Gasteiger partial charge in [-0.15, -0.1) is 0 Å². The SMILES string of the molecule is COC1CN(Cc2ccccc2)CC1C1NC(=O)c2cnc(C3CCOCC3)n2N1. The number of nitrogens with zero attached hydrogens (tertiary/aromatic N) is 3. The Morgan fingerprint density at radius 2 is 2.00 bits per heavy atom. The maximum Gasteiger partial charge on any atom is 0.273 e. The minimum Gasteiger partial charge on any atom is -0.381 e. The highest BCUT2D eigenvalue weighted by molar-refractivity contribution is 5.93. The zero-order valence-corrected chi connectivity index (χ0v) is 17.3. The van der Waals surface area contributed by atoms with Gasteiger partial charge in [0.2, 0.25) is 0 Å². The van der Waals surface area contributed by atoms with Gasteiger partial charge in [0.15, 0.2) is 0 Å². The van der Waals surface area contributed by atoms with E-state index in [9.17, 15) is 4.79 Å². The largest absolute Gasteiger partial charge is 0.381 e. The van der Waals surface area contributed by atoms with E-state index >= 15 is 0 Å². The molecule has 4 heterocycles. The quantitative estimate of drug-likeness (QED) is 0.777. The molecule has 0 radical (unpaired) electrons. The number of rotatable bonds is 5. The van der Waals surface area contributed by atoms with Crippen molar-refractivity contribution in [1.29, 1.82) is 0 Å². The molecule has 5 rings (SSSR count). The third kappa shape index (κ3) is 3.71. The van der Waals surface area contributed by atoms with Gasteiger partial charge in [0.05, 0.1) is 12.3 Å². The van der Waals surface area contributed by atoms with Gasteiger partial charge in [0, 0.05) is 51.8 Å². The molecule has 2 saturated heterocycles. The van der Waals surface area contributed by atoms with Gasteiger partial charge in [0.25, 0.3) is 5.91 Å². The number of hydrogen-bond donors (Lipinski definition) is 2. The van der Waals surface area contributed by atoms with Crippen LogP contribution < -0.4 is 10.7 Å². The maximum atomic E-state index is 12.8. The fourth-order valence-electron chi connectivity index (χ4n) is 4.92. The van der Waals surface area contributed by atoms with Crippen LogP contribution >= 0.6 is 0 Å². The van der Waals surface area contributed by atoms with Crippen LogP contribution in [0, 0.1) is 5.92 Å². The molecule has 3 unspecified atom stereocenters. The Morgan fingerprint density at radius 1 is 1.20 bits per heavy atom. The maximum absolute atomic E-state index is 12.8. The van der Waals surface area contributed by atoms with E-state index in [2.05, 4.69) is 44.9 Å². The van der Waals surface area contributed by atoms with Crippen molar-refractivity contribution in [2.75, 3.05) is 38.8 Å². The van der Waals surface area contributed by atoms with E-state index in [0.717, 1.165) is 51.5 Å². The minimum atomic E-state index is -0.205. The molecule has 3 aliphatic heterocycles. The number of methoxy groups -OCH3 is 1. The van der Waals surface area contributed by atoms with Gasteiger partial charge >= 0.3 is 0 Å². The van der Waals surface area contributed by atoms with E-state index in [-0.39, 0.29) is 24.1 Å². The molecule has 1 amide bonds. The summed E-state index contributed by atoms with van der Waals surface area (Å²) in [5.41, 5.74) is 5.39. The van der Waals surface area contributed by atoms with Crippen LogP contribution in [-0.4, -0.2) is 66.1 Å². The van der Waals surface area contributed by atoms with Gasteiger partial charge in [-0.05, 0) is 18.4 Å². The van der Waals surface area contributed by atoms with Crippen LogP contribution in [0.4, 0.5) is 0 Å². The Hall–Kier alpha value is -2.42. The molecule has 0 spiro atoms. The van der Waals surface area contributed by atoms with Crippen molar-refractivity contribution in [3.05, 3.63) is 53.6 Å². The number of imidazole rings is 1. The molecule has 160 valence electrons. The molecule has 2 fully saturated rings. The molecule has 2 N–H and O–H groups in total. The molecule has 0 saturated carbocycles. The van der Waals surface area contributed by atoms with Crippen LogP contribution in [0.5, 0.6) is 0 Å². The Morgan fingerprint density at radius 3 is 2.77 bits per heavy atom. The van der Waals surface area contributed by atoms with Crippen molar-refractivity contribution >= 4 is 5.91 Å². The average Bonchev–Trinajstić information content (AvgIpc) is 3.39. The summed E-state index contributed by atoms with van der Waals surface area (Å²) in [6.07, 6.45) is 3.37. The van der Waals surface area contributed by atoms with E-state index in [4.69, 9.17) is 9.47 Å². The highest BCUT2D eigenvalue weighted by atomic mass is 16.5. The standard InChI is InChI=1S/C22H29N5O3/c1-29-19-14-26(12-15-5-3-2-4-6-15)13-17(19)20-24-22(28)18-11-23-21(27(18)25-20)16-7-9-30-10-8-16/h2-6,11,16-17,19-20,25H,7-10,12-14H2,1H3,(H,24,28). The fourth-order valence-corrected chi connectivity index (χ4v) is 4.92. The lowest BCUT2D eigenvalue weighted by atomic mass is 9.99. The first-order chi connectivity index (χ1) is 14.7. The van der Waals surface area contributed by atoms with Crippen LogP contribution in [0.3, 0.4) is 0 Å². The average molecular weight is 412 g/mol. The number of aromatic nitrogens is 2. The van der Waals surface area contributed by atoms with Gasteiger partial charge in [-0.1, -0.05) is 30.3 Å². The summed E-state index contributed by atoms with van der Waals surface area (Å²) in [6, 6.07) is 10.5. The summed E-state index contributed by atoms with van der Waals surface area (Å²) in [5, 5.41) is 3.14. The molecule has 0 aliphatic carbocycles. The number of amides is 1. The van der Waals surface area contributed by atoms with E-state index in [1.807, 2.05) is 10.7 Å². The van der Waals surface area contributed by atoms with Gasteiger partial charge < -0.3 is 20.2 Å². The second kappa shape index (κ2) is 8.37. The lowest BCUT2D eigenvalue weighted by Gasteiger charge is -2.35. The monoisotopic (exact) mass is 411 g/mol. The summed E-state index contributed by atoms with van der Waals surface area (Å²) in [4.78, 5) is 19.8. The number of carbonyl (C=O) groups excluding carboxylic acids is 1. The van der Waals surface area contributed by atoms with Gasteiger partial charge in [-0.25, -0.2) is 9.66 Å². The molecule has 8 nitrogen and oxygen atoms in total. The third-order valence-electron chi connectivity index (χ3n) is 6.53. The predicted molar refractivity (Wildman–Crippen MR) is 112 cm³/mol. The molecular formula is C22H29N5O3. The van der Waals surface area contributed by atoms with Crippen LogP contribution in [0.2, 0.25) is 0 Å². The van der Waals surface area contributed by atoms with Gasteiger partial charge in [-0.2, -0.15) is 0 Å². The van der Waals surface area contributed by atoms with Gasteiger partial charge in [-0.3, -0.25) is 9.69 Å². The first-order valence-electron chi connectivity index (χ1n) is 10.7. The predicted octanol–water partition coefficient (Wildman–Crippen LogP) is 1.54. The lowest BCUT2D eigenvalue weighted by Crippen LogP contribution is -2.57. The molecule has 1 aromatic carbocycles. The van der Waals surface area contributed by atoms with Gasteiger partial charge in [0.1, 0.15) is 17.7 Å². The lowest BCUT2D eigenvalue weighted by molar-refractivity contribution is 0.0605. The highest BCUT2D eigenvalue weighted by Crippen LogP contribution is 2.29. The molecule has 30 heavy (non-hydrogen) atoms. The van der Waals surface area contributed by atoms with Crippen molar-refractivity contribution in [2.45, 2.75) is 37.6 Å². The van der Waals surface area contributed by atoms with Crippen molar-refractivity contribution < 1.29 is 14.3 Å². The first-order valence-corrected chi connectivity index (χ1v) is 10.7. The summed E-state index contributed by atoms with van der Waals surface area (Å²) < 4.78 is 13.2. The van der Waals surface area contributed by atoms with E-state index in [1.165, 1.54) is 5.56 Å². The molecular weight excluding hydrogens is 382 g/mol. The van der Waals surface area contributed by atoms with Crippen molar-refractivity contribution in [1.82, 2.24) is 19.9 Å². The Balaban J connectivity index is 1.33. The topological polar surface area (TPSA) is 80.7 Å². The van der Waals surface area contributed by atoms with E-state index in [1.54, 1.807) is 13.3 Å². The number of nitrogens with one attached hydrogen (secondary N) is 2. The summed E-state index contributed by atoms with van der Waals surface area (Å²) >= 11 is 0. The van der Waals surface area contributed by atoms with Crippen LogP contribution in [0.1, 0.15) is 40.6 Å². The summed E-state index contributed by atoms with van der Waals surface area (Å²) in [5.74, 6) is 1.30. The Labute approximate surface area is 176 Å². The minimum absolute atomic E-state index is 0.0446. The zero-order valence-electron chi connectivity index (χ0n) is 17.3. The molecule has 1 aromatic heterocycles. The smallest absolute Gasteiger partial charge is 0.273 e. The molecule has 2 aromatic rings. The number of ether oxygens (including phenoxy) is 2. The van der Waals surface area contributed by atoms with Crippen LogP contribution in [0.25, 0.3) is 0 Å². The Bertz CT molecular complexity index is 880. The van der Waals surface area contributed by atoms with Crippen LogP contribution in [-0.2, 0) is 16.0 Å². The molecule has 0 bridgehead atoms. The van der Waals surface area contributed by atoms with E-state index in [0.29, 0.717) is 11.6 Å². The number of likely N-dealkylation sites (tertiary alicyclic amines) is 1. The summed E-state index contributed by atoms with van der Waals surface area (Å²) in [6.45, 7) is 4.05. The molecule has 3 aliphatic rings. The second-order valence-electron chi connectivity index (χ2n) is 8.42. The number of benzene rings is 1. The first kappa shape index (κ1) is 19.5. The normalized spacial score (nSPS) is 27.5. The summed E-state index contributed by atoms with van der Waals surface area (Å²) in [7, 11) is 1.75. The van der Waals surface area contributed by atoms with Crippen molar-refractivity contribution in [3.8, 4) is 0 Å². The number of fused-ring (bicyclic) bond motifs is 1. The highest BCUT2D eigenvalue weighted by Gasteiger charge is 2.42.